The second kappa shape index (κ2) is 5.47. The molecule has 0 bridgehead atoms. The number of Topliss-reactive ketones (excluding diaryl/α,β-unsaturated/α-hetero) is 1. The number of fused-ring (bicyclic) bond motifs is 1. The SMILES string of the molecule is O=C1C(=O)N(CC2(CBr)CCCC2)c2cc(F)c(Br)cc21. The first kappa shape index (κ1) is 15.2. The highest BCUT2D eigenvalue weighted by Crippen LogP contribution is 2.43. The van der Waals surface area contributed by atoms with E-state index >= 15 is 0 Å². The van der Waals surface area contributed by atoms with Crippen LogP contribution in [0, 0.1) is 11.2 Å². The standard InChI is InChI=1S/C15H14Br2FNO2/c16-7-15(3-1-2-4-15)8-19-12-6-11(18)10(17)5-9(12)13(20)14(19)21/h5-6H,1-4,7-8H2. The number of nitrogens with zero attached hydrogens (tertiary/aromatic N) is 1. The Morgan fingerprint density at radius 1 is 1.24 bits per heavy atom. The molecule has 3 nitrogen and oxygen atoms in total. The van der Waals surface area contributed by atoms with Crippen LogP contribution in [0.15, 0.2) is 16.6 Å². The van der Waals surface area contributed by atoms with Crippen LogP contribution in [0.5, 0.6) is 0 Å². The molecule has 1 aromatic rings. The first-order valence-corrected chi connectivity index (χ1v) is 8.80. The van der Waals surface area contributed by atoms with Crippen LogP contribution in [0.25, 0.3) is 0 Å². The van der Waals surface area contributed by atoms with E-state index in [1.165, 1.54) is 17.0 Å². The van der Waals surface area contributed by atoms with E-state index in [1.54, 1.807) is 0 Å². The van der Waals surface area contributed by atoms with Crippen LogP contribution in [0.4, 0.5) is 10.1 Å². The molecule has 1 aliphatic heterocycles. The summed E-state index contributed by atoms with van der Waals surface area (Å²) < 4.78 is 14.0. The van der Waals surface area contributed by atoms with Gasteiger partial charge in [-0.3, -0.25) is 9.59 Å². The van der Waals surface area contributed by atoms with Crippen LogP contribution in [0.1, 0.15) is 36.0 Å². The number of carbonyl (C=O) groups is 2. The highest BCUT2D eigenvalue weighted by Gasteiger charge is 2.42. The predicted molar refractivity (Wildman–Crippen MR) is 85.5 cm³/mol. The number of amides is 1. The lowest BCUT2D eigenvalue weighted by Gasteiger charge is -2.31. The van der Waals surface area contributed by atoms with Crippen LogP contribution in [0.3, 0.4) is 0 Å². The minimum atomic E-state index is -0.548. The van der Waals surface area contributed by atoms with Crippen molar-refractivity contribution in [3.63, 3.8) is 0 Å². The van der Waals surface area contributed by atoms with Crippen molar-refractivity contribution in [2.24, 2.45) is 5.41 Å². The van der Waals surface area contributed by atoms with E-state index < -0.39 is 17.5 Å². The lowest BCUT2D eigenvalue weighted by atomic mass is 9.88. The second-order valence-corrected chi connectivity index (χ2v) is 7.26. The highest BCUT2D eigenvalue weighted by molar-refractivity contribution is 9.10. The number of alkyl halides is 1. The van der Waals surface area contributed by atoms with Crippen LogP contribution in [-0.2, 0) is 4.79 Å². The van der Waals surface area contributed by atoms with E-state index in [0.29, 0.717) is 12.2 Å². The molecule has 6 heteroatoms. The first-order valence-electron chi connectivity index (χ1n) is 6.89. The number of benzene rings is 1. The molecular formula is C15H14Br2FNO2. The van der Waals surface area contributed by atoms with Crippen LogP contribution in [-0.4, -0.2) is 23.6 Å². The minimum Gasteiger partial charge on any atom is -0.304 e. The zero-order valence-corrected chi connectivity index (χ0v) is 14.5. The van der Waals surface area contributed by atoms with Crippen molar-refractivity contribution >= 4 is 49.2 Å². The maximum Gasteiger partial charge on any atom is 0.299 e. The molecule has 0 N–H and O–H groups in total. The fourth-order valence-corrected chi connectivity index (χ4v) is 4.32. The number of rotatable bonds is 3. The van der Waals surface area contributed by atoms with Crippen molar-refractivity contribution in [1.82, 2.24) is 0 Å². The van der Waals surface area contributed by atoms with Crippen LogP contribution >= 0.6 is 31.9 Å². The van der Waals surface area contributed by atoms with Crippen LogP contribution < -0.4 is 4.90 Å². The second-order valence-electron chi connectivity index (χ2n) is 5.84. The van der Waals surface area contributed by atoms with Gasteiger partial charge in [0.1, 0.15) is 5.82 Å². The van der Waals surface area contributed by atoms with Gasteiger partial charge in [0.05, 0.1) is 15.7 Å². The normalized spacial score (nSPS) is 20.2. The zero-order chi connectivity index (χ0) is 15.2. The molecule has 1 aromatic carbocycles. The van der Waals surface area contributed by atoms with Gasteiger partial charge in [0.25, 0.3) is 11.7 Å². The van der Waals surface area contributed by atoms with E-state index in [-0.39, 0.29) is 15.5 Å². The van der Waals surface area contributed by atoms with Crippen LogP contribution in [0.2, 0.25) is 0 Å². The third kappa shape index (κ3) is 2.46. The lowest BCUT2D eigenvalue weighted by Crippen LogP contribution is -2.40. The molecular weight excluding hydrogens is 405 g/mol. The molecule has 3 rings (SSSR count). The van der Waals surface area contributed by atoms with Gasteiger partial charge in [-0.1, -0.05) is 28.8 Å². The number of halogens is 3. The molecule has 1 aliphatic carbocycles. The van der Waals surface area contributed by atoms with E-state index in [1.807, 2.05) is 0 Å². The van der Waals surface area contributed by atoms with Gasteiger partial charge in [0.15, 0.2) is 0 Å². The Bertz CT molecular complexity index is 626. The lowest BCUT2D eigenvalue weighted by molar-refractivity contribution is -0.114. The molecule has 1 fully saturated rings. The Morgan fingerprint density at radius 3 is 2.52 bits per heavy atom. The Morgan fingerprint density at radius 2 is 1.90 bits per heavy atom. The Kier molecular flexibility index (Phi) is 3.94. The summed E-state index contributed by atoms with van der Waals surface area (Å²) in [4.78, 5) is 25.8. The number of ketones is 1. The molecule has 0 saturated heterocycles. The fourth-order valence-electron chi connectivity index (χ4n) is 3.24. The van der Waals surface area contributed by atoms with Crippen molar-refractivity contribution in [2.75, 3.05) is 16.8 Å². The van der Waals surface area contributed by atoms with E-state index in [4.69, 9.17) is 0 Å². The summed E-state index contributed by atoms with van der Waals surface area (Å²) in [6.45, 7) is 0.469. The summed E-state index contributed by atoms with van der Waals surface area (Å²) in [6.07, 6.45) is 4.29. The van der Waals surface area contributed by atoms with E-state index in [0.717, 1.165) is 31.0 Å². The molecule has 1 heterocycles. The van der Waals surface area contributed by atoms with Gasteiger partial charge in [0.2, 0.25) is 0 Å². The molecule has 1 amide bonds. The quantitative estimate of drug-likeness (QED) is 0.548. The van der Waals surface area contributed by atoms with Gasteiger partial charge in [-0.05, 0) is 46.3 Å². The van der Waals surface area contributed by atoms with Crippen molar-refractivity contribution in [2.45, 2.75) is 25.7 Å². The van der Waals surface area contributed by atoms with Crippen molar-refractivity contribution < 1.29 is 14.0 Å². The van der Waals surface area contributed by atoms with Gasteiger partial charge in [-0.25, -0.2) is 4.39 Å². The van der Waals surface area contributed by atoms with Crippen molar-refractivity contribution in [3.05, 3.63) is 28.0 Å². The Labute approximate surface area is 139 Å². The average Bonchev–Trinajstić information content (AvgIpc) is 3.02. The molecule has 0 atom stereocenters. The topological polar surface area (TPSA) is 37.4 Å². The minimum absolute atomic E-state index is 0.0128. The summed E-state index contributed by atoms with van der Waals surface area (Å²) in [5, 5.41) is 0.784. The summed E-state index contributed by atoms with van der Waals surface area (Å²) in [7, 11) is 0. The van der Waals surface area contributed by atoms with Gasteiger partial charge < -0.3 is 4.90 Å². The summed E-state index contributed by atoms with van der Waals surface area (Å²) >= 11 is 6.60. The monoisotopic (exact) mass is 417 g/mol. The zero-order valence-electron chi connectivity index (χ0n) is 11.3. The summed E-state index contributed by atoms with van der Waals surface area (Å²) in [5.41, 5.74) is 0.676. The number of hydrogen-bond acceptors (Lipinski definition) is 2. The number of carbonyl (C=O) groups excluding carboxylic acids is 2. The average molecular weight is 419 g/mol. The third-order valence-electron chi connectivity index (χ3n) is 4.45. The maximum absolute atomic E-state index is 13.8. The smallest absolute Gasteiger partial charge is 0.299 e. The molecule has 0 radical (unpaired) electrons. The highest BCUT2D eigenvalue weighted by atomic mass is 79.9. The Balaban J connectivity index is 1.99. The fraction of sp³-hybridized carbons (Fsp3) is 0.467. The molecule has 0 spiro atoms. The molecule has 2 aliphatic rings. The maximum atomic E-state index is 13.8. The predicted octanol–water partition coefficient (Wildman–Crippen LogP) is 4.07. The van der Waals surface area contributed by atoms with Crippen molar-refractivity contribution in [3.8, 4) is 0 Å². The first-order chi connectivity index (χ1) is 9.97. The van der Waals surface area contributed by atoms with E-state index in [2.05, 4.69) is 31.9 Å². The molecule has 0 aromatic heterocycles. The summed E-state index contributed by atoms with van der Waals surface area (Å²) in [5.74, 6) is -1.55. The molecule has 112 valence electrons. The molecule has 1 saturated carbocycles. The van der Waals surface area contributed by atoms with Gasteiger partial charge in [0, 0.05) is 11.9 Å². The number of anilines is 1. The largest absolute Gasteiger partial charge is 0.304 e. The van der Waals surface area contributed by atoms with Gasteiger partial charge in [-0.2, -0.15) is 0 Å². The summed E-state index contributed by atoms with van der Waals surface area (Å²) in [6, 6.07) is 2.68. The van der Waals surface area contributed by atoms with Gasteiger partial charge >= 0.3 is 0 Å². The number of hydrogen-bond donors (Lipinski definition) is 0. The van der Waals surface area contributed by atoms with Gasteiger partial charge in [-0.15, -0.1) is 0 Å². The van der Waals surface area contributed by atoms with Crippen molar-refractivity contribution in [1.29, 1.82) is 0 Å². The molecule has 0 unspecified atom stereocenters. The van der Waals surface area contributed by atoms with E-state index in [9.17, 15) is 14.0 Å². The Hall–Kier alpha value is -0.750. The third-order valence-corrected chi connectivity index (χ3v) is 6.25. The molecule has 21 heavy (non-hydrogen) atoms.